The van der Waals surface area contributed by atoms with Gasteiger partial charge in [0, 0.05) is 47.6 Å². The Morgan fingerprint density at radius 1 is 0.794 bits per heavy atom. The second kappa shape index (κ2) is 7.74. The van der Waals surface area contributed by atoms with E-state index in [1.807, 2.05) is 37.2 Å². The summed E-state index contributed by atoms with van der Waals surface area (Å²) < 4.78 is 6.34. The van der Waals surface area contributed by atoms with Gasteiger partial charge >= 0.3 is 11.9 Å². The average molecular weight is 453 g/mol. The topological polar surface area (TPSA) is 108 Å². The molecular formula is C27H19NO6. The maximum Gasteiger partial charge on any atom is 0.336 e. The Morgan fingerprint density at radius 3 is 2.24 bits per heavy atom. The van der Waals surface area contributed by atoms with Crippen molar-refractivity contribution >= 4 is 50.3 Å². The van der Waals surface area contributed by atoms with Gasteiger partial charge in [0.15, 0.2) is 5.43 Å². The number of carboxylic acid groups (broad SMARTS) is 2. The molecule has 0 bridgehead atoms. The molecule has 0 atom stereocenters. The lowest BCUT2D eigenvalue weighted by Crippen LogP contribution is -2.08. The summed E-state index contributed by atoms with van der Waals surface area (Å²) in [6, 6.07) is 17.7. The van der Waals surface area contributed by atoms with Crippen LogP contribution in [-0.2, 0) is 0 Å². The number of hydrogen-bond acceptors (Lipinski definition) is 5. The summed E-state index contributed by atoms with van der Waals surface area (Å²) in [5, 5.41) is 22.1. The molecule has 0 aliphatic heterocycles. The van der Waals surface area contributed by atoms with Gasteiger partial charge in [0.1, 0.15) is 11.2 Å². The van der Waals surface area contributed by atoms with Crippen molar-refractivity contribution in [2.45, 2.75) is 0 Å². The number of anilines is 1. The van der Waals surface area contributed by atoms with Crippen molar-refractivity contribution in [2.75, 3.05) is 19.0 Å². The fraction of sp³-hybridized carbons (Fsp3) is 0.0741. The minimum Gasteiger partial charge on any atom is -0.478 e. The van der Waals surface area contributed by atoms with Crippen LogP contribution in [0.3, 0.4) is 0 Å². The maximum absolute atomic E-state index is 12.1. The SMILES string of the molecule is CN(C)c1ccc2c(-c3cc(C(=O)O)ccc3C(=O)O)c3ccc4cc(=O)ccc4c3oc2c1. The Hall–Kier alpha value is -4.65. The molecule has 0 saturated carbocycles. The normalized spacial score (nSPS) is 11.2. The number of carboxylic acids is 2. The summed E-state index contributed by atoms with van der Waals surface area (Å²) in [4.78, 5) is 37.7. The van der Waals surface area contributed by atoms with Gasteiger partial charge in [-0.1, -0.05) is 6.07 Å². The molecule has 1 aromatic heterocycles. The fourth-order valence-corrected chi connectivity index (χ4v) is 4.28. The lowest BCUT2D eigenvalue weighted by atomic mass is 9.91. The predicted octanol–water partition coefficient (Wildman–Crippen LogP) is 5.23. The first kappa shape index (κ1) is 21.2. The Labute approximate surface area is 193 Å². The van der Waals surface area contributed by atoms with Crippen LogP contribution in [0.5, 0.6) is 0 Å². The van der Waals surface area contributed by atoms with E-state index >= 15 is 0 Å². The quantitative estimate of drug-likeness (QED) is 0.283. The smallest absolute Gasteiger partial charge is 0.336 e. The van der Waals surface area contributed by atoms with Crippen LogP contribution in [0, 0.1) is 0 Å². The molecule has 0 fully saturated rings. The molecule has 0 amide bonds. The van der Waals surface area contributed by atoms with Crippen molar-refractivity contribution in [1.82, 2.24) is 0 Å². The van der Waals surface area contributed by atoms with Crippen molar-refractivity contribution < 1.29 is 24.2 Å². The van der Waals surface area contributed by atoms with Crippen molar-refractivity contribution in [2.24, 2.45) is 0 Å². The van der Waals surface area contributed by atoms with E-state index < -0.39 is 11.9 Å². The number of fused-ring (bicyclic) bond motifs is 4. The molecule has 5 rings (SSSR count). The number of aromatic carboxylic acids is 2. The Bertz CT molecular complexity index is 1710. The van der Waals surface area contributed by atoms with Gasteiger partial charge in [-0.3, -0.25) is 4.79 Å². The Kier molecular flexibility index (Phi) is 4.83. The molecule has 0 aliphatic rings. The second-order valence-electron chi connectivity index (χ2n) is 8.25. The first-order valence-electron chi connectivity index (χ1n) is 10.5. The first-order valence-corrected chi connectivity index (χ1v) is 10.5. The number of nitrogens with zero attached hydrogens (tertiary/aromatic N) is 1. The second-order valence-corrected chi connectivity index (χ2v) is 8.25. The molecule has 7 nitrogen and oxygen atoms in total. The summed E-state index contributed by atoms with van der Waals surface area (Å²) in [5.41, 5.74) is 2.50. The summed E-state index contributed by atoms with van der Waals surface area (Å²) in [5.74, 6) is -2.33. The fourth-order valence-electron chi connectivity index (χ4n) is 4.28. The molecule has 4 aromatic carbocycles. The van der Waals surface area contributed by atoms with Gasteiger partial charge < -0.3 is 19.5 Å². The van der Waals surface area contributed by atoms with Crippen molar-refractivity contribution in [3.63, 3.8) is 0 Å². The van der Waals surface area contributed by atoms with Gasteiger partial charge in [0.25, 0.3) is 0 Å². The van der Waals surface area contributed by atoms with E-state index in [1.165, 1.54) is 30.3 Å². The standard InChI is InChI=1S/C27H19NO6/c1-28(2)16-5-9-20-23(13-16)34-25-18-10-6-17(29)11-14(18)3-8-21(25)24(20)22-12-15(26(30)31)4-7-19(22)27(32)33/h3-13H,1-2H3,(H,30,31)(H,32,33). The lowest BCUT2D eigenvalue weighted by Gasteiger charge is -2.17. The number of carbonyl (C=O) groups is 2. The third-order valence-electron chi connectivity index (χ3n) is 5.94. The minimum atomic E-state index is -1.17. The van der Waals surface area contributed by atoms with Gasteiger partial charge in [-0.25, -0.2) is 9.59 Å². The summed E-state index contributed by atoms with van der Waals surface area (Å²) in [6.07, 6.45) is 0. The van der Waals surface area contributed by atoms with E-state index in [1.54, 1.807) is 18.2 Å². The first-order chi connectivity index (χ1) is 16.2. The van der Waals surface area contributed by atoms with Gasteiger partial charge in [-0.05, 0) is 65.5 Å². The van der Waals surface area contributed by atoms with Gasteiger partial charge in [-0.2, -0.15) is 0 Å². The van der Waals surface area contributed by atoms with Gasteiger partial charge in [0.2, 0.25) is 0 Å². The van der Waals surface area contributed by atoms with Crippen molar-refractivity contribution in [1.29, 1.82) is 0 Å². The van der Waals surface area contributed by atoms with E-state index in [0.717, 1.165) is 5.69 Å². The summed E-state index contributed by atoms with van der Waals surface area (Å²) >= 11 is 0. The number of hydrogen-bond donors (Lipinski definition) is 2. The molecule has 168 valence electrons. The molecule has 5 aromatic rings. The van der Waals surface area contributed by atoms with Crippen LogP contribution in [0.1, 0.15) is 20.7 Å². The van der Waals surface area contributed by atoms with Crippen LogP contribution >= 0.6 is 0 Å². The molecule has 7 heteroatoms. The molecular weight excluding hydrogens is 434 g/mol. The monoisotopic (exact) mass is 453 g/mol. The average Bonchev–Trinajstić information content (AvgIpc) is 2.81. The maximum atomic E-state index is 12.1. The minimum absolute atomic E-state index is 0.0227. The highest BCUT2D eigenvalue weighted by Crippen LogP contribution is 2.41. The Morgan fingerprint density at radius 2 is 1.53 bits per heavy atom. The molecule has 0 spiro atoms. The molecule has 0 saturated heterocycles. The Balaban J connectivity index is 2.02. The highest BCUT2D eigenvalue weighted by Gasteiger charge is 2.21. The number of rotatable bonds is 4. The van der Waals surface area contributed by atoms with Crippen molar-refractivity contribution in [3.05, 3.63) is 88.1 Å². The highest BCUT2D eigenvalue weighted by atomic mass is 16.4. The van der Waals surface area contributed by atoms with E-state index in [9.17, 15) is 24.6 Å². The lowest BCUT2D eigenvalue weighted by molar-refractivity contribution is 0.0682. The third-order valence-corrected chi connectivity index (χ3v) is 5.94. The van der Waals surface area contributed by atoms with Crippen LogP contribution in [0.25, 0.3) is 43.8 Å². The summed E-state index contributed by atoms with van der Waals surface area (Å²) in [6.45, 7) is 0. The van der Waals surface area contributed by atoms with Crippen LogP contribution in [0.4, 0.5) is 5.69 Å². The molecule has 34 heavy (non-hydrogen) atoms. The molecule has 0 unspecified atom stereocenters. The molecule has 2 N–H and O–H groups in total. The van der Waals surface area contributed by atoms with E-state index in [4.69, 9.17) is 4.42 Å². The van der Waals surface area contributed by atoms with Gasteiger partial charge in [0.05, 0.1) is 11.1 Å². The molecule has 0 aliphatic carbocycles. The largest absolute Gasteiger partial charge is 0.478 e. The van der Waals surface area contributed by atoms with Crippen LogP contribution in [-0.4, -0.2) is 36.2 Å². The van der Waals surface area contributed by atoms with Gasteiger partial charge in [-0.15, -0.1) is 0 Å². The van der Waals surface area contributed by atoms with Crippen LogP contribution in [0.2, 0.25) is 0 Å². The molecule has 1 heterocycles. The zero-order chi connectivity index (χ0) is 24.1. The van der Waals surface area contributed by atoms with Crippen LogP contribution < -0.4 is 10.3 Å². The van der Waals surface area contributed by atoms with E-state index in [0.29, 0.717) is 38.3 Å². The van der Waals surface area contributed by atoms with Crippen LogP contribution in [0.15, 0.2) is 75.9 Å². The predicted molar refractivity (Wildman–Crippen MR) is 131 cm³/mol. The van der Waals surface area contributed by atoms with Crippen molar-refractivity contribution in [3.8, 4) is 11.1 Å². The van der Waals surface area contributed by atoms with E-state index in [2.05, 4.69) is 0 Å². The zero-order valence-corrected chi connectivity index (χ0v) is 18.3. The zero-order valence-electron chi connectivity index (χ0n) is 18.3. The highest BCUT2D eigenvalue weighted by molar-refractivity contribution is 6.17. The third kappa shape index (κ3) is 3.34. The van der Waals surface area contributed by atoms with E-state index in [-0.39, 0.29) is 22.1 Å². The molecule has 0 radical (unpaired) electrons. The number of benzene rings is 4. The summed E-state index contributed by atoms with van der Waals surface area (Å²) in [7, 11) is 3.79.